The Morgan fingerprint density at radius 2 is 1.18 bits per heavy atom. The van der Waals surface area contributed by atoms with E-state index in [0.717, 1.165) is 5.92 Å². The molecule has 0 spiro atoms. The minimum atomic E-state index is 0.892. The van der Waals surface area contributed by atoms with Crippen molar-refractivity contribution in [1.29, 1.82) is 0 Å². The first-order valence-corrected chi connectivity index (χ1v) is 8.96. The number of hydrogen-bond donors (Lipinski definition) is 0. The van der Waals surface area contributed by atoms with Crippen molar-refractivity contribution in [3.05, 3.63) is 71.8 Å². The number of unbranched alkanes of at least 4 members (excludes halogenated alkanes) is 1. The van der Waals surface area contributed by atoms with E-state index in [1.54, 1.807) is 0 Å². The molecule has 0 amide bonds. The van der Waals surface area contributed by atoms with Crippen LogP contribution >= 0.6 is 0 Å². The fourth-order valence-corrected chi connectivity index (χ4v) is 3.18. The second-order valence-corrected chi connectivity index (χ2v) is 6.41. The van der Waals surface area contributed by atoms with Crippen molar-refractivity contribution in [1.82, 2.24) is 0 Å². The molecule has 0 aliphatic carbocycles. The van der Waals surface area contributed by atoms with Crippen molar-refractivity contribution in [2.75, 3.05) is 0 Å². The van der Waals surface area contributed by atoms with Gasteiger partial charge in [-0.3, -0.25) is 0 Å². The molecule has 2 aromatic carbocycles. The van der Waals surface area contributed by atoms with E-state index in [-0.39, 0.29) is 0 Å². The van der Waals surface area contributed by atoms with Gasteiger partial charge in [0.25, 0.3) is 0 Å². The average molecular weight is 294 g/mol. The molecule has 0 heteroatoms. The van der Waals surface area contributed by atoms with Gasteiger partial charge in [-0.05, 0) is 42.7 Å². The van der Waals surface area contributed by atoms with Gasteiger partial charge in [-0.2, -0.15) is 0 Å². The van der Waals surface area contributed by atoms with Crippen molar-refractivity contribution >= 4 is 0 Å². The minimum Gasteiger partial charge on any atom is -0.0654 e. The highest BCUT2D eigenvalue weighted by Gasteiger charge is 2.09. The first-order chi connectivity index (χ1) is 10.9. The summed E-state index contributed by atoms with van der Waals surface area (Å²) in [4.78, 5) is 0. The Morgan fingerprint density at radius 1 is 0.636 bits per heavy atom. The van der Waals surface area contributed by atoms with E-state index in [2.05, 4.69) is 67.6 Å². The second kappa shape index (κ2) is 10.2. The molecule has 0 saturated carbocycles. The summed E-state index contributed by atoms with van der Waals surface area (Å²) < 4.78 is 0. The highest BCUT2D eigenvalue weighted by atomic mass is 14.1. The minimum absolute atomic E-state index is 0.892. The van der Waals surface area contributed by atoms with Gasteiger partial charge in [-0.25, -0.2) is 0 Å². The molecule has 0 nitrogen and oxygen atoms in total. The second-order valence-electron chi connectivity index (χ2n) is 6.41. The lowest BCUT2D eigenvalue weighted by Crippen LogP contribution is -2.04. The largest absolute Gasteiger partial charge is 0.0654 e. The van der Waals surface area contributed by atoms with Gasteiger partial charge in [0.1, 0.15) is 0 Å². The molecule has 0 aliphatic rings. The van der Waals surface area contributed by atoms with E-state index in [9.17, 15) is 0 Å². The predicted molar refractivity (Wildman–Crippen MR) is 97.2 cm³/mol. The summed E-state index contributed by atoms with van der Waals surface area (Å²) in [5.74, 6) is 0.892. The summed E-state index contributed by atoms with van der Waals surface area (Å²) in [7, 11) is 0. The van der Waals surface area contributed by atoms with Crippen LogP contribution in [0.1, 0.15) is 56.6 Å². The molecule has 118 valence electrons. The molecule has 1 atom stereocenters. The molecular formula is C22H30. The van der Waals surface area contributed by atoms with E-state index in [0.29, 0.717) is 0 Å². The van der Waals surface area contributed by atoms with Gasteiger partial charge in [0.2, 0.25) is 0 Å². The lowest BCUT2D eigenvalue weighted by atomic mass is 9.89. The normalized spacial score (nSPS) is 12.2. The third-order valence-electron chi connectivity index (χ3n) is 4.57. The lowest BCUT2D eigenvalue weighted by molar-refractivity contribution is 0.396. The van der Waals surface area contributed by atoms with E-state index in [1.165, 1.54) is 62.5 Å². The number of aryl methyl sites for hydroxylation is 2. The van der Waals surface area contributed by atoms with Crippen molar-refractivity contribution < 1.29 is 0 Å². The highest BCUT2D eigenvalue weighted by molar-refractivity contribution is 5.15. The molecule has 2 rings (SSSR count). The molecule has 0 aliphatic heterocycles. The summed E-state index contributed by atoms with van der Waals surface area (Å²) in [5.41, 5.74) is 2.98. The van der Waals surface area contributed by atoms with E-state index >= 15 is 0 Å². The molecule has 22 heavy (non-hydrogen) atoms. The van der Waals surface area contributed by atoms with Crippen molar-refractivity contribution in [2.24, 2.45) is 5.92 Å². The number of rotatable bonds is 10. The van der Waals surface area contributed by atoms with Gasteiger partial charge < -0.3 is 0 Å². The Morgan fingerprint density at radius 3 is 1.77 bits per heavy atom. The molecule has 0 bridgehead atoms. The van der Waals surface area contributed by atoms with Gasteiger partial charge in [-0.1, -0.05) is 93.3 Å². The molecule has 2 aromatic rings. The molecular weight excluding hydrogens is 264 g/mol. The van der Waals surface area contributed by atoms with Crippen LogP contribution in [0.5, 0.6) is 0 Å². The maximum absolute atomic E-state index is 2.30. The Hall–Kier alpha value is -1.56. The molecule has 0 saturated heterocycles. The number of hydrogen-bond acceptors (Lipinski definition) is 0. The van der Waals surface area contributed by atoms with Crippen molar-refractivity contribution in [2.45, 2.75) is 58.3 Å². The van der Waals surface area contributed by atoms with Crippen LogP contribution in [0.25, 0.3) is 0 Å². The topological polar surface area (TPSA) is 0 Å². The summed E-state index contributed by atoms with van der Waals surface area (Å²) in [5, 5.41) is 0. The van der Waals surface area contributed by atoms with Crippen LogP contribution in [0.3, 0.4) is 0 Å². The van der Waals surface area contributed by atoms with Gasteiger partial charge in [-0.15, -0.1) is 0 Å². The van der Waals surface area contributed by atoms with Crippen LogP contribution in [0.15, 0.2) is 60.7 Å². The van der Waals surface area contributed by atoms with E-state index in [4.69, 9.17) is 0 Å². The molecule has 1 unspecified atom stereocenters. The molecule has 0 fully saturated rings. The monoisotopic (exact) mass is 294 g/mol. The van der Waals surface area contributed by atoms with Gasteiger partial charge >= 0.3 is 0 Å². The SMILES string of the molecule is CCCCC(CCCc1ccccc1)CCc1ccccc1. The third kappa shape index (κ3) is 6.47. The van der Waals surface area contributed by atoms with Crippen molar-refractivity contribution in [3.8, 4) is 0 Å². The van der Waals surface area contributed by atoms with Gasteiger partial charge in [0, 0.05) is 0 Å². The van der Waals surface area contributed by atoms with E-state index < -0.39 is 0 Å². The van der Waals surface area contributed by atoms with Crippen LogP contribution in [0, 0.1) is 5.92 Å². The zero-order chi connectivity index (χ0) is 15.5. The standard InChI is InChI=1S/C22H30/c1-2-3-11-21(18-19-22-14-8-5-9-15-22)17-10-16-20-12-6-4-7-13-20/h4-9,12-15,21H,2-3,10-11,16-19H2,1H3. The zero-order valence-electron chi connectivity index (χ0n) is 14.0. The molecule has 0 aromatic heterocycles. The highest BCUT2D eigenvalue weighted by Crippen LogP contribution is 2.22. The summed E-state index contributed by atoms with van der Waals surface area (Å²) in [6.45, 7) is 2.30. The van der Waals surface area contributed by atoms with Crippen molar-refractivity contribution in [3.63, 3.8) is 0 Å². The summed E-state index contributed by atoms with van der Waals surface area (Å²) >= 11 is 0. The third-order valence-corrected chi connectivity index (χ3v) is 4.57. The fraction of sp³-hybridized carbons (Fsp3) is 0.455. The first-order valence-electron chi connectivity index (χ1n) is 8.96. The lowest BCUT2D eigenvalue weighted by Gasteiger charge is -2.16. The van der Waals surface area contributed by atoms with Gasteiger partial charge in [0.15, 0.2) is 0 Å². The van der Waals surface area contributed by atoms with E-state index in [1.807, 2.05) is 0 Å². The van der Waals surface area contributed by atoms with Crippen LogP contribution in [0.4, 0.5) is 0 Å². The maximum atomic E-state index is 2.30. The van der Waals surface area contributed by atoms with Gasteiger partial charge in [0.05, 0.1) is 0 Å². The van der Waals surface area contributed by atoms with Crippen LogP contribution in [0.2, 0.25) is 0 Å². The Labute approximate surface area is 136 Å². The first kappa shape index (κ1) is 16.8. The quantitative estimate of drug-likeness (QED) is 0.472. The Balaban J connectivity index is 1.75. The smallest absolute Gasteiger partial charge is 0.0276 e. The van der Waals surface area contributed by atoms with Crippen LogP contribution < -0.4 is 0 Å². The van der Waals surface area contributed by atoms with Crippen LogP contribution in [-0.2, 0) is 12.8 Å². The number of benzene rings is 2. The Kier molecular flexibility index (Phi) is 7.80. The summed E-state index contributed by atoms with van der Waals surface area (Å²) in [6, 6.07) is 21.9. The molecule has 0 heterocycles. The average Bonchev–Trinajstić information content (AvgIpc) is 2.58. The maximum Gasteiger partial charge on any atom is -0.0276 e. The van der Waals surface area contributed by atoms with Crippen LogP contribution in [-0.4, -0.2) is 0 Å². The Bertz CT molecular complexity index is 486. The molecule has 0 N–H and O–H groups in total. The summed E-state index contributed by atoms with van der Waals surface area (Å²) in [6.07, 6.45) is 10.6. The zero-order valence-corrected chi connectivity index (χ0v) is 14.0. The molecule has 0 radical (unpaired) electrons. The fourth-order valence-electron chi connectivity index (χ4n) is 3.18. The predicted octanol–water partition coefficient (Wildman–Crippen LogP) is 6.45.